The molecule has 2 amide bonds. The van der Waals surface area contributed by atoms with Crippen LogP contribution in [0.2, 0.25) is 0 Å². The Bertz CT molecular complexity index is 478. The van der Waals surface area contributed by atoms with Crippen LogP contribution in [0.1, 0.15) is 24.0 Å². The van der Waals surface area contributed by atoms with Gasteiger partial charge in [0.15, 0.2) is 0 Å². The van der Waals surface area contributed by atoms with Crippen molar-refractivity contribution in [2.75, 3.05) is 13.2 Å². The smallest absolute Gasteiger partial charge is 0.319 e. The van der Waals surface area contributed by atoms with Gasteiger partial charge in [0.2, 0.25) is 0 Å². The molecular formula is C15H21N3O2. The molecule has 20 heavy (non-hydrogen) atoms. The Morgan fingerprint density at radius 1 is 1.30 bits per heavy atom. The van der Waals surface area contributed by atoms with E-state index in [0.29, 0.717) is 13.1 Å². The molecule has 1 aliphatic heterocycles. The quantitative estimate of drug-likeness (QED) is 0.782. The summed E-state index contributed by atoms with van der Waals surface area (Å²) in [4.78, 5) is 11.7. The Hall–Kier alpha value is -1.85. The normalized spacial score (nSPS) is 14.8. The first-order chi connectivity index (χ1) is 9.78. The maximum Gasteiger partial charge on any atom is 0.319 e. The van der Waals surface area contributed by atoms with Crippen molar-refractivity contribution in [3.63, 3.8) is 0 Å². The van der Waals surface area contributed by atoms with E-state index in [1.165, 1.54) is 5.57 Å². The highest BCUT2D eigenvalue weighted by Crippen LogP contribution is 2.11. The summed E-state index contributed by atoms with van der Waals surface area (Å²) in [7, 11) is 0. The molecular weight excluding hydrogens is 254 g/mol. The number of urea groups is 1. The lowest BCUT2D eigenvalue weighted by atomic mass is 10.1. The molecule has 0 aromatic heterocycles. The van der Waals surface area contributed by atoms with Crippen molar-refractivity contribution in [3.05, 3.63) is 47.2 Å². The first-order valence-electron chi connectivity index (χ1n) is 6.86. The van der Waals surface area contributed by atoms with Crippen LogP contribution in [0, 0.1) is 0 Å². The van der Waals surface area contributed by atoms with Crippen LogP contribution < -0.4 is 16.4 Å². The molecule has 0 spiro atoms. The topological polar surface area (TPSA) is 76.4 Å². The number of nitrogens with one attached hydrogen (secondary N) is 2. The van der Waals surface area contributed by atoms with Gasteiger partial charge in [0, 0.05) is 19.3 Å². The van der Waals surface area contributed by atoms with Crippen molar-refractivity contribution in [2.45, 2.75) is 25.9 Å². The summed E-state index contributed by atoms with van der Waals surface area (Å²) in [5.74, 6) is 0. The van der Waals surface area contributed by atoms with Crippen LogP contribution in [0.25, 0.3) is 0 Å². The fraction of sp³-hybridized carbons (Fsp3) is 0.400. The largest absolute Gasteiger partial charge is 0.381 e. The minimum atomic E-state index is -0.192. The van der Waals surface area contributed by atoms with Crippen molar-refractivity contribution >= 4 is 6.03 Å². The minimum absolute atomic E-state index is 0.192. The number of ether oxygens (including phenoxy) is 1. The molecule has 1 aromatic rings. The Balaban J connectivity index is 1.76. The van der Waals surface area contributed by atoms with E-state index in [1.54, 1.807) is 6.20 Å². The maximum absolute atomic E-state index is 11.7. The fourth-order valence-corrected chi connectivity index (χ4v) is 2.05. The number of carbonyl (C=O) groups excluding carboxylic acids is 1. The third kappa shape index (κ3) is 4.68. The number of carbonyl (C=O) groups is 1. The molecule has 1 heterocycles. The van der Waals surface area contributed by atoms with Gasteiger partial charge < -0.3 is 21.1 Å². The lowest BCUT2D eigenvalue weighted by Gasteiger charge is -2.14. The van der Waals surface area contributed by atoms with Crippen LogP contribution in [-0.2, 0) is 17.8 Å². The monoisotopic (exact) mass is 275 g/mol. The molecule has 5 heteroatoms. The first-order valence-corrected chi connectivity index (χ1v) is 6.86. The van der Waals surface area contributed by atoms with Crippen molar-refractivity contribution in [1.82, 2.24) is 10.6 Å². The Labute approximate surface area is 119 Å². The van der Waals surface area contributed by atoms with E-state index in [-0.39, 0.29) is 6.03 Å². The van der Waals surface area contributed by atoms with E-state index in [1.807, 2.05) is 24.3 Å². The Morgan fingerprint density at radius 3 is 2.80 bits per heavy atom. The van der Waals surface area contributed by atoms with Crippen molar-refractivity contribution < 1.29 is 9.53 Å². The summed E-state index contributed by atoms with van der Waals surface area (Å²) in [6.07, 6.45) is 3.56. The number of benzene rings is 1. The number of hydrogen-bond donors (Lipinski definition) is 3. The SMILES string of the molecule is NCc1cccc(CNC(=O)NC=C2CCOCC2)c1. The Kier molecular flexibility index (Phi) is 5.58. The lowest BCUT2D eigenvalue weighted by Crippen LogP contribution is -2.32. The summed E-state index contributed by atoms with van der Waals surface area (Å²) in [5.41, 5.74) is 8.91. The third-order valence-corrected chi connectivity index (χ3v) is 3.22. The minimum Gasteiger partial charge on any atom is -0.381 e. The summed E-state index contributed by atoms with van der Waals surface area (Å²) >= 11 is 0. The van der Waals surface area contributed by atoms with Gasteiger partial charge in [-0.2, -0.15) is 0 Å². The molecule has 0 radical (unpaired) electrons. The predicted molar refractivity (Wildman–Crippen MR) is 77.8 cm³/mol. The predicted octanol–water partition coefficient (Wildman–Crippen LogP) is 1.64. The fourth-order valence-electron chi connectivity index (χ4n) is 2.05. The van der Waals surface area contributed by atoms with Gasteiger partial charge in [0.1, 0.15) is 0 Å². The van der Waals surface area contributed by atoms with Crippen molar-refractivity contribution in [1.29, 1.82) is 0 Å². The molecule has 0 saturated carbocycles. The highest BCUT2D eigenvalue weighted by molar-refractivity contribution is 5.74. The standard InChI is InChI=1S/C15H21N3O2/c16-9-13-2-1-3-14(8-13)11-18-15(19)17-10-12-4-6-20-7-5-12/h1-3,8,10H,4-7,9,11,16H2,(H2,17,18,19). The van der Waals surface area contributed by atoms with Crippen LogP contribution in [0.5, 0.6) is 0 Å². The summed E-state index contributed by atoms with van der Waals surface area (Å²) < 4.78 is 5.25. The van der Waals surface area contributed by atoms with Gasteiger partial charge >= 0.3 is 6.03 Å². The van der Waals surface area contributed by atoms with Gasteiger partial charge in [-0.1, -0.05) is 24.3 Å². The first kappa shape index (κ1) is 14.6. The summed E-state index contributed by atoms with van der Waals surface area (Å²) in [6, 6.07) is 7.69. The van der Waals surface area contributed by atoms with Crippen molar-refractivity contribution in [3.8, 4) is 0 Å². The second-order valence-electron chi connectivity index (χ2n) is 4.77. The van der Waals surface area contributed by atoms with Crippen LogP contribution in [0.4, 0.5) is 4.79 Å². The van der Waals surface area contributed by atoms with E-state index in [9.17, 15) is 4.79 Å². The molecule has 4 N–H and O–H groups in total. The number of nitrogens with two attached hydrogens (primary N) is 1. The number of amides is 2. The molecule has 2 rings (SSSR count). The molecule has 1 aromatic carbocycles. The maximum atomic E-state index is 11.7. The van der Waals surface area contributed by atoms with Crippen LogP contribution >= 0.6 is 0 Å². The molecule has 1 aliphatic rings. The molecule has 108 valence electrons. The molecule has 0 bridgehead atoms. The number of hydrogen-bond acceptors (Lipinski definition) is 3. The van der Waals surface area contributed by atoms with E-state index >= 15 is 0 Å². The van der Waals surface area contributed by atoms with E-state index in [4.69, 9.17) is 10.5 Å². The number of rotatable bonds is 4. The zero-order valence-corrected chi connectivity index (χ0v) is 11.5. The van der Waals surface area contributed by atoms with Gasteiger partial charge in [0.05, 0.1) is 13.2 Å². The summed E-state index contributed by atoms with van der Waals surface area (Å²) in [5, 5.41) is 5.58. The molecule has 0 aliphatic carbocycles. The average Bonchev–Trinajstić information content (AvgIpc) is 2.52. The van der Waals surface area contributed by atoms with E-state index in [2.05, 4.69) is 10.6 Å². The van der Waals surface area contributed by atoms with Crippen LogP contribution in [0.15, 0.2) is 36.0 Å². The van der Waals surface area contributed by atoms with Crippen LogP contribution in [0.3, 0.4) is 0 Å². The van der Waals surface area contributed by atoms with Gasteiger partial charge in [-0.25, -0.2) is 4.79 Å². The average molecular weight is 275 g/mol. The van der Waals surface area contributed by atoms with Crippen molar-refractivity contribution in [2.24, 2.45) is 5.73 Å². The van der Waals surface area contributed by atoms with Gasteiger partial charge in [-0.3, -0.25) is 0 Å². The van der Waals surface area contributed by atoms with Gasteiger partial charge in [0.25, 0.3) is 0 Å². The van der Waals surface area contributed by atoms with Crippen LogP contribution in [-0.4, -0.2) is 19.2 Å². The summed E-state index contributed by atoms with van der Waals surface area (Å²) in [6.45, 7) is 2.47. The molecule has 0 unspecified atom stereocenters. The Morgan fingerprint density at radius 2 is 2.05 bits per heavy atom. The lowest BCUT2D eigenvalue weighted by molar-refractivity contribution is 0.119. The second-order valence-corrected chi connectivity index (χ2v) is 4.77. The third-order valence-electron chi connectivity index (χ3n) is 3.22. The molecule has 1 fully saturated rings. The zero-order valence-electron chi connectivity index (χ0n) is 11.5. The molecule has 5 nitrogen and oxygen atoms in total. The van der Waals surface area contributed by atoms with Gasteiger partial charge in [-0.05, 0) is 29.5 Å². The molecule has 0 atom stereocenters. The second kappa shape index (κ2) is 7.67. The highest BCUT2D eigenvalue weighted by atomic mass is 16.5. The zero-order chi connectivity index (χ0) is 14.2. The van der Waals surface area contributed by atoms with E-state index < -0.39 is 0 Å². The highest BCUT2D eigenvalue weighted by Gasteiger charge is 2.06. The molecule has 1 saturated heterocycles. The van der Waals surface area contributed by atoms with Gasteiger partial charge in [-0.15, -0.1) is 0 Å². The van der Waals surface area contributed by atoms with E-state index in [0.717, 1.165) is 37.2 Å².